The molecule has 256 valence electrons. The highest BCUT2D eigenvalue weighted by molar-refractivity contribution is 8.00. The van der Waals surface area contributed by atoms with Crippen LogP contribution in [0, 0.1) is 0 Å². The molecule has 2 heteroatoms. The SMILES string of the molecule is CC1(C)C2=CC(N(c3ccc(-c4ccccc4)cc3)c3ccc(-c4ccc5c(c4)C4C=C(c6ccccc6)C=CC4S5)cc3)=CCC2c2ccccc21. The third kappa shape index (κ3) is 5.56. The molecule has 6 aromatic carbocycles. The summed E-state index contributed by atoms with van der Waals surface area (Å²) in [5.74, 6) is 0.815. The van der Waals surface area contributed by atoms with E-state index in [1.807, 2.05) is 11.8 Å². The molecule has 0 saturated heterocycles. The Hall–Kier alpha value is -5.57. The highest BCUT2D eigenvalue weighted by Crippen LogP contribution is 2.54. The third-order valence-corrected chi connectivity index (χ3v) is 13.2. The molecule has 0 saturated carbocycles. The molecule has 3 unspecified atom stereocenters. The second-order valence-corrected chi connectivity index (χ2v) is 16.5. The van der Waals surface area contributed by atoms with E-state index in [0.717, 1.165) is 6.42 Å². The van der Waals surface area contributed by atoms with E-state index >= 15 is 0 Å². The van der Waals surface area contributed by atoms with Crippen LogP contribution in [0.15, 0.2) is 198 Å². The van der Waals surface area contributed by atoms with Gasteiger partial charge < -0.3 is 4.90 Å². The molecule has 1 aliphatic heterocycles. The van der Waals surface area contributed by atoms with Crippen molar-refractivity contribution < 1.29 is 0 Å². The summed E-state index contributed by atoms with van der Waals surface area (Å²) in [4.78, 5) is 3.85. The minimum Gasteiger partial charge on any atom is -0.311 e. The van der Waals surface area contributed by atoms with Crippen molar-refractivity contribution in [2.24, 2.45) is 0 Å². The molecule has 53 heavy (non-hydrogen) atoms. The van der Waals surface area contributed by atoms with Crippen LogP contribution in [0.2, 0.25) is 0 Å². The van der Waals surface area contributed by atoms with Gasteiger partial charge in [-0.05, 0) is 99.0 Å². The number of fused-ring (bicyclic) bond motifs is 6. The van der Waals surface area contributed by atoms with Crippen LogP contribution >= 0.6 is 11.8 Å². The molecule has 3 aliphatic carbocycles. The number of hydrogen-bond donors (Lipinski definition) is 0. The first kappa shape index (κ1) is 32.1. The lowest BCUT2D eigenvalue weighted by atomic mass is 9.78. The normalized spacial score (nSPS) is 20.3. The van der Waals surface area contributed by atoms with Crippen LogP contribution in [0.25, 0.3) is 27.8 Å². The van der Waals surface area contributed by atoms with E-state index in [4.69, 9.17) is 0 Å². The van der Waals surface area contributed by atoms with Crippen molar-refractivity contribution in [1.82, 2.24) is 0 Å². The first-order valence-electron chi connectivity index (χ1n) is 18.8. The minimum atomic E-state index is -0.0104. The predicted molar refractivity (Wildman–Crippen MR) is 225 cm³/mol. The van der Waals surface area contributed by atoms with E-state index in [0.29, 0.717) is 17.1 Å². The number of rotatable bonds is 6. The zero-order valence-corrected chi connectivity index (χ0v) is 30.9. The summed E-state index contributed by atoms with van der Waals surface area (Å²) >= 11 is 1.99. The Labute approximate surface area is 317 Å². The fraction of sp³-hybridized carbons (Fsp3) is 0.137. The van der Waals surface area contributed by atoms with Gasteiger partial charge in [-0.2, -0.15) is 0 Å². The van der Waals surface area contributed by atoms with Gasteiger partial charge in [-0.1, -0.05) is 159 Å². The standard InChI is InChI=1S/C51H41NS/c1-51(2)47-16-10-9-15-43(47)44-28-27-42(33-48(44)51)52(40-23-17-36(18-24-40)34-11-5-3-6-12-34)41-25-19-37(20-26-41)39-22-30-50-46(32-39)45-31-38(21-29-49(45)53-50)35-13-7-4-8-14-35/h3-27,29-33,44-45,49H,28H2,1-2H3. The maximum atomic E-state index is 2.48. The van der Waals surface area contributed by atoms with Gasteiger partial charge >= 0.3 is 0 Å². The predicted octanol–water partition coefficient (Wildman–Crippen LogP) is 13.7. The average molecular weight is 700 g/mol. The molecular weight excluding hydrogens is 659 g/mol. The van der Waals surface area contributed by atoms with Gasteiger partial charge in [0.25, 0.3) is 0 Å². The zero-order valence-electron chi connectivity index (χ0n) is 30.1. The van der Waals surface area contributed by atoms with Crippen molar-refractivity contribution in [2.45, 2.75) is 47.7 Å². The first-order valence-corrected chi connectivity index (χ1v) is 19.7. The fourth-order valence-electron chi connectivity index (χ4n) is 9.07. The second-order valence-electron chi connectivity index (χ2n) is 15.2. The van der Waals surface area contributed by atoms with Gasteiger partial charge in [-0.25, -0.2) is 0 Å². The lowest BCUT2D eigenvalue weighted by molar-refractivity contribution is 0.609. The van der Waals surface area contributed by atoms with Crippen LogP contribution < -0.4 is 4.90 Å². The highest BCUT2D eigenvalue weighted by atomic mass is 32.2. The second kappa shape index (κ2) is 12.8. The molecule has 0 radical (unpaired) electrons. The number of anilines is 2. The van der Waals surface area contributed by atoms with E-state index < -0.39 is 0 Å². The molecule has 10 rings (SSSR count). The van der Waals surface area contributed by atoms with Crippen LogP contribution in [-0.2, 0) is 5.41 Å². The lowest BCUT2D eigenvalue weighted by Crippen LogP contribution is -2.22. The van der Waals surface area contributed by atoms with Crippen LogP contribution in [0.4, 0.5) is 11.4 Å². The molecule has 4 aliphatic rings. The summed E-state index contributed by atoms with van der Waals surface area (Å²) < 4.78 is 0. The van der Waals surface area contributed by atoms with Crippen LogP contribution in [-0.4, -0.2) is 5.25 Å². The summed E-state index contributed by atoms with van der Waals surface area (Å²) in [7, 11) is 0. The van der Waals surface area contributed by atoms with E-state index in [2.05, 4.69) is 201 Å². The largest absolute Gasteiger partial charge is 0.311 e. The summed E-state index contributed by atoms with van der Waals surface area (Å²) in [5.41, 5.74) is 17.0. The van der Waals surface area contributed by atoms with Gasteiger partial charge in [-0.3, -0.25) is 0 Å². The van der Waals surface area contributed by atoms with Crippen molar-refractivity contribution in [2.75, 3.05) is 4.90 Å². The Bertz CT molecular complexity index is 2460. The van der Waals surface area contributed by atoms with E-state index in [-0.39, 0.29) is 5.41 Å². The molecule has 1 heterocycles. The molecule has 0 amide bonds. The van der Waals surface area contributed by atoms with Crippen molar-refractivity contribution >= 4 is 28.7 Å². The van der Waals surface area contributed by atoms with Crippen molar-refractivity contribution in [1.29, 1.82) is 0 Å². The van der Waals surface area contributed by atoms with Gasteiger partial charge in [-0.15, -0.1) is 11.8 Å². The maximum Gasteiger partial charge on any atom is 0.0461 e. The third-order valence-electron chi connectivity index (χ3n) is 11.8. The Morgan fingerprint density at radius 3 is 1.92 bits per heavy atom. The quantitative estimate of drug-likeness (QED) is 0.170. The number of allylic oxidation sites excluding steroid dienone is 6. The van der Waals surface area contributed by atoms with Gasteiger partial charge in [0.1, 0.15) is 0 Å². The Morgan fingerprint density at radius 1 is 0.604 bits per heavy atom. The summed E-state index contributed by atoms with van der Waals surface area (Å²) in [6.45, 7) is 4.79. The molecule has 1 nitrogen and oxygen atoms in total. The van der Waals surface area contributed by atoms with E-state index in [1.54, 1.807) is 0 Å². The molecule has 0 bridgehead atoms. The van der Waals surface area contributed by atoms with Crippen molar-refractivity contribution in [3.63, 3.8) is 0 Å². The Balaban J connectivity index is 1.00. The molecule has 0 aromatic heterocycles. The average Bonchev–Trinajstić information content (AvgIpc) is 3.70. The summed E-state index contributed by atoms with van der Waals surface area (Å²) in [6, 6.07) is 55.9. The smallest absolute Gasteiger partial charge is 0.0461 e. The molecule has 6 aromatic rings. The van der Waals surface area contributed by atoms with E-state index in [1.165, 1.54) is 77.6 Å². The summed E-state index contributed by atoms with van der Waals surface area (Å²) in [5, 5.41) is 0.451. The Morgan fingerprint density at radius 2 is 1.21 bits per heavy atom. The van der Waals surface area contributed by atoms with Gasteiger partial charge in [0.15, 0.2) is 0 Å². The minimum absolute atomic E-state index is 0.0104. The molecule has 0 N–H and O–H groups in total. The number of hydrogen-bond acceptors (Lipinski definition) is 2. The molecule has 0 spiro atoms. The molecular formula is C51H41NS. The Kier molecular flexibility index (Phi) is 7.77. The molecule has 0 fully saturated rings. The lowest BCUT2D eigenvalue weighted by Gasteiger charge is -2.33. The topological polar surface area (TPSA) is 3.24 Å². The van der Waals surface area contributed by atoms with Gasteiger partial charge in [0.2, 0.25) is 0 Å². The first-order chi connectivity index (χ1) is 26.0. The number of thioether (sulfide) groups is 1. The summed E-state index contributed by atoms with van der Waals surface area (Å²) in [6.07, 6.45) is 13.1. The van der Waals surface area contributed by atoms with Crippen LogP contribution in [0.1, 0.15) is 54.4 Å². The highest BCUT2D eigenvalue weighted by Gasteiger charge is 2.42. The van der Waals surface area contributed by atoms with Gasteiger partial charge in [0, 0.05) is 44.5 Å². The monoisotopic (exact) mass is 699 g/mol. The van der Waals surface area contributed by atoms with E-state index in [9.17, 15) is 0 Å². The van der Waals surface area contributed by atoms with Gasteiger partial charge in [0.05, 0.1) is 0 Å². The van der Waals surface area contributed by atoms with Crippen molar-refractivity contribution in [3.05, 3.63) is 216 Å². The molecule has 3 atom stereocenters. The fourth-order valence-corrected chi connectivity index (χ4v) is 10.4. The number of nitrogens with zero attached hydrogens (tertiary/aromatic N) is 1. The zero-order chi connectivity index (χ0) is 35.5. The van der Waals surface area contributed by atoms with Crippen LogP contribution in [0.5, 0.6) is 0 Å². The number of benzene rings is 6. The maximum absolute atomic E-state index is 2.48. The van der Waals surface area contributed by atoms with Crippen molar-refractivity contribution in [3.8, 4) is 22.3 Å². The van der Waals surface area contributed by atoms with Crippen LogP contribution in [0.3, 0.4) is 0 Å².